The van der Waals surface area contributed by atoms with Gasteiger partial charge in [0, 0.05) is 31.2 Å². The normalized spacial score (nSPS) is 17.5. The van der Waals surface area contributed by atoms with Crippen LogP contribution in [0.25, 0.3) is 0 Å². The van der Waals surface area contributed by atoms with E-state index in [0.717, 1.165) is 32.8 Å². The smallest absolute Gasteiger partial charge is 0.251 e. The lowest BCUT2D eigenvalue weighted by Crippen LogP contribution is -2.46. The molecule has 1 saturated heterocycles. The van der Waals surface area contributed by atoms with Gasteiger partial charge in [0.05, 0.1) is 28.9 Å². The molecule has 0 bridgehead atoms. The van der Waals surface area contributed by atoms with Crippen molar-refractivity contribution in [2.75, 3.05) is 38.6 Å². The van der Waals surface area contributed by atoms with Gasteiger partial charge in [0.2, 0.25) is 0 Å². The summed E-state index contributed by atoms with van der Waals surface area (Å²) in [5.74, 6) is -0.209. The van der Waals surface area contributed by atoms with E-state index in [2.05, 4.69) is 10.2 Å². The minimum Gasteiger partial charge on any atom is -0.396 e. The molecule has 1 fully saturated rings. The molecule has 1 aliphatic heterocycles. The van der Waals surface area contributed by atoms with Crippen LogP contribution in [0.2, 0.25) is 10.0 Å². The van der Waals surface area contributed by atoms with E-state index in [4.69, 9.17) is 33.7 Å². The van der Waals surface area contributed by atoms with Crippen molar-refractivity contribution in [3.8, 4) is 0 Å². The molecule has 0 radical (unpaired) electrons. The molecular formula is C14H19Cl2N3O2. The lowest BCUT2D eigenvalue weighted by molar-refractivity contribution is 0.0342. The molecule has 0 aromatic heterocycles. The summed E-state index contributed by atoms with van der Waals surface area (Å²) in [5.41, 5.74) is 6.36. The van der Waals surface area contributed by atoms with Gasteiger partial charge in [-0.1, -0.05) is 23.2 Å². The van der Waals surface area contributed by atoms with Gasteiger partial charge in [0.25, 0.3) is 5.91 Å². The van der Waals surface area contributed by atoms with Gasteiger partial charge < -0.3 is 15.8 Å². The number of hydrogen-bond acceptors (Lipinski definition) is 4. The van der Waals surface area contributed by atoms with Crippen LogP contribution in [0.15, 0.2) is 12.1 Å². The van der Waals surface area contributed by atoms with Crippen LogP contribution in [0.1, 0.15) is 17.3 Å². The van der Waals surface area contributed by atoms with E-state index in [-0.39, 0.29) is 27.7 Å². The molecule has 3 N–H and O–H groups in total. The van der Waals surface area contributed by atoms with Gasteiger partial charge in [-0.25, -0.2) is 0 Å². The summed E-state index contributed by atoms with van der Waals surface area (Å²) in [6, 6.07) is 3.07. The van der Waals surface area contributed by atoms with E-state index >= 15 is 0 Å². The van der Waals surface area contributed by atoms with Crippen LogP contribution in [0.5, 0.6) is 0 Å². The number of carbonyl (C=O) groups is 1. The minimum atomic E-state index is -0.209. The molecule has 0 spiro atoms. The number of ether oxygens (including phenoxy) is 1. The van der Waals surface area contributed by atoms with Crippen LogP contribution in [0.3, 0.4) is 0 Å². The van der Waals surface area contributed by atoms with Crippen molar-refractivity contribution in [2.24, 2.45) is 0 Å². The Morgan fingerprint density at radius 3 is 2.52 bits per heavy atom. The summed E-state index contributed by atoms with van der Waals surface area (Å²) in [5, 5.41) is 3.51. The highest BCUT2D eigenvalue weighted by atomic mass is 35.5. The molecular weight excluding hydrogens is 313 g/mol. The Balaban J connectivity index is 1.94. The summed E-state index contributed by atoms with van der Waals surface area (Å²) in [6.45, 7) is 6.01. The predicted octanol–water partition coefficient (Wildman–Crippen LogP) is 2.03. The highest BCUT2D eigenvalue weighted by molar-refractivity contribution is 6.39. The summed E-state index contributed by atoms with van der Waals surface area (Å²) in [6.07, 6.45) is 0. The number of nitrogens with one attached hydrogen (secondary N) is 1. The standard InChI is InChI=1S/C14H19Cl2N3O2/c1-9(8-19-2-4-21-5-3-19)18-14(20)10-6-11(15)13(17)12(16)7-10/h6-7,9H,2-5,8,17H2,1H3,(H,18,20). The highest BCUT2D eigenvalue weighted by Crippen LogP contribution is 2.28. The Morgan fingerprint density at radius 2 is 1.95 bits per heavy atom. The molecule has 1 atom stereocenters. The molecule has 1 heterocycles. The number of rotatable bonds is 4. The maximum atomic E-state index is 12.2. The minimum absolute atomic E-state index is 0.0192. The molecule has 21 heavy (non-hydrogen) atoms. The first-order chi connectivity index (χ1) is 9.97. The van der Waals surface area contributed by atoms with Gasteiger partial charge in [0.1, 0.15) is 0 Å². The van der Waals surface area contributed by atoms with Gasteiger partial charge in [0.15, 0.2) is 0 Å². The van der Waals surface area contributed by atoms with Crippen molar-refractivity contribution in [3.63, 3.8) is 0 Å². The molecule has 116 valence electrons. The number of halogens is 2. The second kappa shape index (κ2) is 7.31. The fraction of sp³-hybridized carbons (Fsp3) is 0.500. The predicted molar refractivity (Wildman–Crippen MR) is 85.1 cm³/mol. The first-order valence-corrected chi connectivity index (χ1v) is 7.58. The van der Waals surface area contributed by atoms with Gasteiger partial charge >= 0.3 is 0 Å². The van der Waals surface area contributed by atoms with Crippen LogP contribution in [-0.4, -0.2) is 49.7 Å². The zero-order valence-corrected chi connectivity index (χ0v) is 13.4. The van der Waals surface area contributed by atoms with E-state index in [0.29, 0.717) is 5.56 Å². The average molecular weight is 332 g/mol. The molecule has 0 aliphatic carbocycles. The summed E-state index contributed by atoms with van der Waals surface area (Å²) in [4.78, 5) is 14.5. The first kappa shape index (κ1) is 16.4. The van der Waals surface area contributed by atoms with Gasteiger partial charge in [-0.15, -0.1) is 0 Å². The van der Waals surface area contributed by atoms with Crippen LogP contribution < -0.4 is 11.1 Å². The quantitative estimate of drug-likeness (QED) is 0.828. The number of nitrogens with two attached hydrogens (primary N) is 1. The van der Waals surface area contributed by atoms with Crippen LogP contribution in [0, 0.1) is 0 Å². The molecule has 1 unspecified atom stereocenters. The van der Waals surface area contributed by atoms with Gasteiger partial charge in [-0.05, 0) is 19.1 Å². The fourth-order valence-corrected chi connectivity index (χ4v) is 2.73. The van der Waals surface area contributed by atoms with Crippen LogP contribution in [-0.2, 0) is 4.74 Å². The topological polar surface area (TPSA) is 67.6 Å². The number of carbonyl (C=O) groups excluding carboxylic acids is 1. The maximum absolute atomic E-state index is 12.2. The van der Waals surface area contributed by atoms with Crippen LogP contribution >= 0.6 is 23.2 Å². The number of nitrogens with zero attached hydrogens (tertiary/aromatic N) is 1. The van der Waals surface area contributed by atoms with Crippen molar-refractivity contribution >= 4 is 34.8 Å². The molecule has 1 aromatic rings. The van der Waals surface area contributed by atoms with Gasteiger partial charge in [-0.2, -0.15) is 0 Å². The Labute approximate surface area is 134 Å². The van der Waals surface area contributed by atoms with Crippen LogP contribution in [0.4, 0.5) is 5.69 Å². The second-order valence-corrected chi connectivity index (χ2v) is 5.96. The molecule has 7 heteroatoms. The third-order valence-electron chi connectivity index (χ3n) is 3.35. The molecule has 2 rings (SSSR count). The first-order valence-electron chi connectivity index (χ1n) is 6.83. The molecule has 0 saturated carbocycles. The third kappa shape index (κ3) is 4.48. The second-order valence-electron chi connectivity index (χ2n) is 5.14. The number of anilines is 1. The van der Waals surface area contributed by atoms with Crippen molar-refractivity contribution in [1.29, 1.82) is 0 Å². The Morgan fingerprint density at radius 1 is 1.38 bits per heavy atom. The maximum Gasteiger partial charge on any atom is 0.251 e. The zero-order chi connectivity index (χ0) is 15.4. The number of benzene rings is 1. The fourth-order valence-electron chi connectivity index (χ4n) is 2.24. The van der Waals surface area contributed by atoms with Gasteiger partial charge in [-0.3, -0.25) is 9.69 Å². The Kier molecular flexibility index (Phi) is 5.70. The van der Waals surface area contributed by atoms with E-state index in [1.54, 1.807) is 0 Å². The van der Waals surface area contributed by atoms with E-state index < -0.39 is 0 Å². The van der Waals surface area contributed by atoms with Crippen molar-refractivity contribution < 1.29 is 9.53 Å². The number of nitrogen functional groups attached to an aromatic ring is 1. The third-order valence-corrected chi connectivity index (χ3v) is 3.98. The molecule has 5 nitrogen and oxygen atoms in total. The van der Waals surface area contributed by atoms with E-state index in [9.17, 15) is 4.79 Å². The number of amides is 1. The lowest BCUT2D eigenvalue weighted by Gasteiger charge is -2.29. The monoisotopic (exact) mass is 331 g/mol. The molecule has 1 aliphatic rings. The number of morpholine rings is 1. The zero-order valence-electron chi connectivity index (χ0n) is 11.9. The van der Waals surface area contributed by atoms with Crippen molar-refractivity contribution in [3.05, 3.63) is 27.7 Å². The molecule has 1 aromatic carbocycles. The van der Waals surface area contributed by atoms with E-state index in [1.807, 2.05) is 6.92 Å². The van der Waals surface area contributed by atoms with Crippen molar-refractivity contribution in [2.45, 2.75) is 13.0 Å². The van der Waals surface area contributed by atoms with E-state index in [1.165, 1.54) is 12.1 Å². The summed E-state index contributed by atoms with van der Waals surface area (Å²) >= 11 is 11.9. The lowest BCUT2D eigenvalue weighted by atomic mass is 10.1. The average Bonchev–Trinajstić information content (AvgIpc) is 2.45. The Bertz CT molecular complexity index is 496. The highest BCUT2D eigenvalue weighted by Gasteiger charge is 2.17. The Hall–Kier alpha value is -1.01. The largest absolute Gasteiger partial charge is 0.396 e. The number of hydrogen-bond donors (Lipinski definition) is 2. The summed E-state index contributed by atoms with van der Waals surface area (Å²) in [7, 11) is 0. The van der Waals surface area contributed by atoms with Crippen molar-refractivity contribution in [1.82, 2.24) is 10.2 Å². The summed E-state index contributed by atoms with van der Waals surface area (Å²) < 4.78 is 5.30. The SMILES string of the molecule is CC(CN1CCOCC1)NC(=O)c1cc(Cl)c(N)c(Cl)c1. The molecule has 1 amide bonds.